The van der Waals surface area contributed by atoms with Crippen LogP contribution in [0.15, 0.2) is 36.7 Å². The molecule has 2 aliphatic heterocycles. The average Bonchev–Trinajstić information content (AvgIpc) is 3.35. The summed E-state index contributed by atoms with van der Waals surface area (Å²) in [6.07, 6.45) is -3.06. The van der Waals surface area contributed by atoms with Crippen molar-refractivity contribution in [3.8, 4) is 5.75 Å². The molecule has 1 aromatic carbocycles. The molecule has 0 saturated carbocycles. The maximum absolute atomic E-state index is 12.7. The number of hydrogen-bond donors (Lipinski definition) is 0. The number of hydrogen-bond acceptors (Lipinski definition) is 4. The fraction of sp³-hybridized carbons (Fsp3) is 0.474. The molecule has 2 fully saturated rings. The second kappa shape index (κ2) is 7.12. The number of rotatable bonds is 3. The van der Waals surface area contributed by atoms with Gasteiger partial charge in [0, 0.05) is 38.9 Å². The number of aromatic nitrogens is 2. The zero-order valence-corrected chi connectivity index (χ0v) is 15.4. The van der Waals surface area contributed by atoms with Gasteiger partial charge in [0.25, 0.3) is 0 Å². The molecule has 150 valence electrons. The van der Waals surface area contributed by atoms with Gasteiger partial charge in [0.1, 0.15) is 5.75 Å². The fourth-order valence-corrected chi connectivity index (χ4v) is 4.12. The van der Waals surface area contributed by atoms with Crippen molar-refractivity contribution in [2.45, 2.75) is 12.7 Å². The lowest BCUT2D eigenvalue weighted by Gasteiger charge is -2.21. The molecule has 4 rings (SSSR count). The first kappa shape index (κ1) is 18.8. The number of fused-ring (bicyclic) bond motifs is 1. The van der Waals surface area contributed by atoms with Crippen LogP contribution in [0.25, 0.3) is 0 Å². The minimum atomic E-state index is -4.50. The summed E-state index contributed by atoms with van der Waals surface area (Å²) in [5.74, 6) is 1.48. The van der Waals surface area contributed by atoms with Crippen molar-refractivity contribution in [2.75, 3.05) is 33.3 Å². The highest BCUT2D eigenvalue weighted by Crippen LogP contribution is 2.33. The van der Waals surface area contributed by atoms with E-state index >= 15 is 0 Å². The highest BCUT2D eigenvalue weighted by molar-refractivity contribution is 5.76. The summed E-state index contributed by atoms with van der Waals surface area (Å²) in [7, 11) is 1.64. The van der Waals surface area contributed by atoms with Gasteiger partial charge in [-0.1, -0.05) is 12.1 Å². The van der Waals surface area contributed by atoms with E-state index in [9.17, 15) is 18.0 Å². The highest BCUT2D eigenvalue weighted by Gasteiger charge is 2.42. The van der Waals surface area contributed by atoms with E-state index < -0.39 is 17.8 Å². The molecule has 1 amide bonds. The second-order valence-electron chi connectivity index (χ2n) is 7.42. The molecule has 3 heterocycles. The maximum Gasteiger partial charge on any atom is 0.419 e. The third-order valence-electron chi connectivity index (χ3n) is 5.48. The summed E-state index contributed by atoms with van der Waals surface area (Å²) >= 11 is 0. The predicted molar refractivity (Wildman–Crippen MR) is 94.8 cm³/mol. The quantitative estimate of drug-likeness (QED) is 0.803. The standard InChI is InChI=1S/C19H21F3N4O2/c1-28-17-4-2-3-13(5-17)7-24-8-14-10-25(11-15(14)9-24)18(27)26-12-16(6-23-26)19(20,21)22/h2-6,12,14-15H,7-11H2,1H3. The molecule has 0 N–H and O–H groups in total. The minimum Gasteiger partial charge on any atom is -0.497 e. The Kier molecular flexibility index (Phi) is 4.78. The number of ether oxygens (including phenoxy) is 1. The molecule has 2 aromatic rings. The molecule has 0 radical (unpaired) electrons. The molecular weight excluding hydrogens is 373 g/mol. The number of methoxy groups -OCH3 is 1. The van der Waals surface area contributed by atoms with Crippen LogP contribution in [-0.4, -0.2) is 58.9 Å². The van der Waals surface area contributed by atoms with Gasteiger partial charge in [-0.05, 0) is 29.5 Å². The Balaban J connectivity index is 1.35. The molecule has 2 saturated heterocycles. The average molecular weight is 394 g/mol. The smallest absolute Gasteiger partial charge is 0.419 e. The van der Waals surface area contributed by atoms with Crippen molar-refractivity contribution < 1.29 is 22.7 Å². The number of benzene rings is 1. The molecule has 6 nitrogen and oxygen atoms in total. The van der Waals surface area contributed by atoms with Crippen LogP contribution in [0, 0.1) is 11.8 Å². The maximum atomic E-state index is 12.7. The Bertz CT molecular complexity index is 853. The Morgan fingerprint density at radius 2 is 1.93 bits per heavy atom. The van der Waals surface area contributed by atoms with Crippen LogP contribution in [-0.2, 0) is 12.7 Å². The number of halogens is 3. The van der Waals surface area contributed by atoms with E-state index in [1.165, 1.54) is 5.56 Å². The number of amides is 1. The normalized spacial score (nSPS) is 22.5. The van der Waals surface area contributed by atoms with Gasteiger partial charge in [-0.3, -0.25) is 4.90 Å². The topological polar surface area (TPSA) is 50.6 Å². The van der Waals surface area contributed by atoms with E-state index in [2.05, 4.69) is 16.1 Å². The van der Waals surface area contributed by atoms with E-state index in [4.69, 9.17) is 4.74 Å². The molecule has 1 aromatic heterocycles. The first-order valence-corrected chi connectivity index (χ1v) is 9.10. The monoisotopic (exact) mass is 394 g/mol. The highest BCUT2D eigenvalue weighted by atomic mass is 19.4. The largest absolute Gasteiger partial charge is 0.497 e. The number of alkyl halides is 3. The summed E-state index contributed by atoms with van der Waals surface area (Å²) in [5.41, 5.74) is 0.258. The van der Waals surface area contributed by atoms with Crippen molar-refractivity contribution >= 4 is 6.03 Å². The van der Waals surface area contributed by atoms with E-state index in [-0.39, 0.29) is 0 Å². The van der Waals surface area contributed by atoms with E-state index in [1.807, 2.05) is 18.2 Å². The van der Waals surface area contributed by atoms with Gasteiger partial charge in [0.05, 0.1) is 18.9 Å². The zero-order chi connectivity index (χ0) is 19.9. The van der Waals surface area contributed by atoms with Crippen molar-refractivity contribution in [1.82, 2.24) is 19.6 Å². The molecule has 9 heteroatoms. The van der Waals surface area contributed by atoms with Gasteiger partial charge in [0.15, 0.2) is 0 Å². The number of carbonyl (C=O) groups excluding carboxylic acids is 1. The first-order chi connectivity index (χ1) is 13.3. The third kappa shape index (κ3) is 3.71. The van der Waals surface area contributed by atoms with E-state index in [1.54, 1.807) is 12.0 Å². The summed E-state index contributed by atoms with van der Waals surface area (Å²) in [5, 5.41) is 3.59. The molecule has 0 bridgehead atoms. The zero-order valence-electron chi connectivity index (χ0n) is 15.4. The van der Waals surface area contributed by atoms with Gasteiger partial charge in [-0.25, -0.2) is 4.79 Å². The lowest BCUT2D eigenvalue weighted by molar-refractivity contribution is -0.137. The third-order valence-corrected chi connectivity index (χ3v) is 5.48. The summed E-state index contributed by atoms with van der Waals surface area (Å²) in [6.45, 7) is 3.61. The molecule has 28 heavy (non-hydrogen) atoms. The van der Waals surface area contributed by atoms with Gasteiger partial charge in [-0.15, -0.1) is 0 Å². The Labute approximate surface area is 160 Å². The fourth-order valence-electron chi connectivity index (χ4n) is 4.12. The first-order valence-electron chi connectivity index (χ1n) is 9.10. The molecule has 2 aliphatic rings. The van der Waals surface area contributed by atoms with Crippen LogP contribution in [0.5, 0.6) is 5.75 Å². The molecule has 0 spiro atoms. The summed E-state index contributed by atoms with van der Waals surface area (Å²) < 4.78 is 44.2. The lowest BCUT2D eigenvalue weighted by Crippen LogP contribution is -2.36. The van der Waals surface area contributed by atoms with Gasteiger partial charge in [0.2, 0.25) is 0 Å². The van der Waals surface area contributed by atoms with Crippen LogP contribution in [0.2, 0.25) is 0 Å². The van der Waals surface area contributed by atoms with Gasteiger partial charge < -0.3 is 9.64 Å². The minimum absolute atomic E-state index is 0.326. The molecule has 2 unspecified atom stereocenters. The number of likely N-dealkylation sites (tertiary alicyclic amines) is 2. The van der Waals surface area contributed by atoms with Crippen LogP contribution in [0.4, 0.5) is 18.0 Å². The summed E-state index contributed by atoms with van der Waals surface area (Å²) in [4.78, 5) is 16.4. The van der Waals surface area contributed by atoms with Gasteiger partial charge >= 0.3 is 12.2 Å². The van der Waals surface area contributed by atoms with Crippen molar-refractivity contribution in [3.63, 3.8) is 0 Å². The lowest BCUT2D eigenvalue weighted by atomic mass is 10.0. The van der Waals surface area contributed by atoms with Crippen LogP contribution in [0.3, 0.4) is 0 Å². The Morgan fingerprint density at radius 3 is 2.54 bits per heavy atom. The predicted octanol–water partition coefficient (Wildman–Crippen LogP) is 2.94. The van der Waals surface area contributed by atoms with E-state index in [0.29, 0.717) is 31.1 Å². The van der Waals surface area contributed by atoms with Gasteiger partial charge in [-0.2, -0.15) is 23.0 Å². The van der Waals surface area contributed by atoms with Crippen LogP contribution >= 0.6 is 0 Å². The molecule has 2 atom stereocenters. The van der Waals surface area contributed by atoms with Crippen LogP contribution < -0.4 is 4.74 Å². The van der Waals surface area contributed by atoms with Crippen molar-refractivity contribution in [2.24, 2.45) is 11.8 Å². The molecular formula is C19H21F3N4O2. The summed E-state index contributed by atoms with van der Waals surface area (Å²) in [6, 6.07) is 7.45. The SMILES string of the molecule is COc1cccc(CN2CC3CN(C(=O)n4cc(C(F)(F)F)cn4)CC3C2)c1. The van der Waals surface area contributed by atoms with Crippen LogP contribution in [0.1, 0.15) is 11.1 Å². The second-order valence-corrected chi connectivity index (χ2v) is 7.42. The van der Waals surface area contributed by atoms with E-state index in [0.717, 1.165) is 36.3 Å². The number of nitrogens with zero attached hydrogens (tertiary/aromatic N) is 4. The number of carbonyl (C=O) groups is 1. The Hall–Kier alpha value is -2.55. The van der Waals surface area contributed by atoms with Crippen molar-refractivity contribution in [3.05, 3.63) is 47.8 Å². The molecule has 0 aliphatic carbocycles. The Morgan fingerprint density at radius 1 is 1.21 bits per heavy atom. The van der Waals surface area contributed by atoms with Crippen molar-refractivity contribution in [1.29, 1.82) is 0 Å².